The van der Waals surface area contributed by atoms with Gasteiger partial charge in [-0.1, -0.05) is 11.2 Å². The molecule has 0 atom stereocenters. The van der Waals surface area contributed by atoms with Crippen LogP contribution in [0.2, 0.25) is 0 Å². The van der Waals surface area contributed by atoms with Crippen LogP contribution in [0.15, 0.2) is 22.7 Å². The maximum Gasteiger partial charge on any atom is 0.269 e. The van der Waals surface area contributed by atoms with Crippen LogP contribution in [0.3, 0.4) is 0 Å². The molecule has 7 nitrogen and oxygen atoms in total. The minimum atomic E-state index is -0.221. The fourth-order valence-electron chi connectivity index (χ4n) is 3.05. The number of rotatable bonds is 6. The number of hydrogen-bond donors (Lipinski definition) is 1. The second-order valence-electron chi connectivity index (χ2n) is 6.20. The van der Waals surface area contributed by atoms with Crippen molar-refractivity contribution in [2.24, 2.45) is 0 Å². The van der Waals surface area contributed by atoms with Crippen molar-refractivity contribution < 1.29 is 14.1 Å². The fourth-order valence-corrected chi connectivity index (χ4v) is 3.05. The number of hydrogen-bond acceptors (Lipinski definition) is 5. The van der Waals surface area contributed by atoms with Crippen molar-refractivity contribution in [3.8, 4) is 11.3 Å². The second-order valence-corrected chi connectivity index (χ2v) is 6.20. The minimum absolute atomic E-state index is 0.208. The van der Waals surface area contributed by atoms with Gasteiger partial charge in [0.1, 0.15) is 11.5 Å². The highest BCUT2D eigenvalue weighted by molar-refractivity contribution is 5.92. The van der Waals surface area contributed by atoms with E-state index >= 15 is 0 Å². The first kappa shape index (κ1) is 17.1. The fraction of sp³-hybridized carbons (Fsp3) is 0.444. The second kappa shape index (κ2) is 7.46. The van der Waals surface area contributed by atoms with Gasteiger partial charge in [0, 0.05) is 26.1 Å². The van der Waals surface area contributed by atoms with Crippen LogP contribution in [0.25, 0.3) is 11.3 Å². The third kappa shape index (κ3) is 3.87. The number of nitrogens with one attached hydrogen (secondary N) is 1. The van der Waals surface area contributed by atoms with Gasteiger partial charge in [0.2, 0.25) is 5.91 Å². The molecule has 3 heterocycles. The van der Waals surface area contributed by atoms with E-state index in [1.807, 2.05) is 24.8 Å². The lowest BCUT2D eigenvalue weighted by molar-refractivity contribution is -0.127. The maximum absolute atomic E-state index is 12.3. The number of carbonyl (C=O) groups is 2. The summed E-state index contributed by atoms with van der Waals surface area (Å²) in [6, 6.07) is 5.31. The topological polar surface area (TPSA) is 88.3 Å². The molecule has 1 aliphatic rings. The van der Waals surface area contributed by atoms with E-state index in [4.69, 9.17) is 4.52 Å². The molecule has 3 rings (SSSR count). The third-order valence-corrected chi connectivity index (χ3v) is 4.33. The largest absolute Gasteiger partial charge is 0.361 e. The summed E-state index contributed by atoms with van der Waals surface area (Å²) in [5, 5.41) is 6.78. The Balaban J connectivity index is 1.57. The van der Waals surface area contributed by atoms with Crippen LogP contribution >= 0.6 is 0 Å². The Labute approximate surface area is 146 Å². The molecule has 0 aromatic carbocycles. The minimum Gasteiger partial charge on any atom is -0.361 e. The van der Waals surface area contributed by atoms with Crippen LogP contribution in [-0.2, 0) is 4.79 Å². The van der Waals surface area contributed by atoms with Crippen LogP contribution in [0.5, 0.6) is 0 Å². The molecular weight excluding hydrogens is 320 g/mol. The van der Waals surface area contributed by atoms with Crippen molar-refractivity contribution >= 4 is 11.8 Å². The van der Waals surface area contributed by atoms with E-state index < -0.39 is 0 Å². The van der Waals surface area contributed by atoms with E-state index in [2.05, 4.69) is 15.5 Å². The number of aryl methyl sites for hydroxylation is 2. The van der Waals surface area contributed by atoms with Gasteiger partial charge in [0.15, 0.2) is 0 Å². The van der Waals surface area contributed by atoms with Gasteiger partial charge in [-0.15, -0.1) is 0 Å². The number of likely N-dealkylation sites (tertiary alicyclic amines) is 1. The Morgan fingerprint density at radius 3 is 2.88 bits per heavy atom. The number of nitrogens with zero attached hydrogens (tertiary/aromatic N) is 3. The van der Waals surface area contributed by atoms with E-state index in [0.29, 0.717) is 36.7 Å². The molecule has 1 N–H and O–H groups in total. The lowest BCUT2D eigenvalue weighted by Gasteiger charge is -2.15. The average Bonchev–Trinajstić information content (AvgIpc) is 3.17. The lowest BCUT2D eigenvalue weighted by atomic mass is 10.1. The molecule has 0 bridgehead atoms. The molecule has 1 saturated heterocycles. The smallest absolute Gasteiger partial charge is 0.269 e. The van der Waals surface area contributed by atoms with Gasteiger partial charge in [0.25, 0.3) is 5.91 Å². The van der Waals surface area contributed by atoms with Gasteiger partial charge in [-0.05, 0) is 38.8 Å². The van der Waals surface area contributed by atoms with Crippen molar-refractivity contribution in [3.63, 3.8) is 0 Å². The Bertz CT molecular complexity index is 765. The molecule has 7 heteroatoms. The third-order valence-electron chi connectivity index (χ3n) is 4.33. The van der Waals surface area contributed by atoms with Gasteiger partial charge in [-0.25, -0.2) is 4.98 Å². The van der Waals surface area contributed by atoms with E-state index in [0.717, 1.165) is 30.6 Å². The number of pyridine rings is 1. The molecule has 2 amide bonds. The highest BCUT2D eigenvalue weighted by atomic mass is 16.5. The predicted octanol–water partition coefficient (Wildman–Crippen LogP) is 2.10. The zero-order chi connectivity index (χ0) is 17.8. The molecular formula is C18H22N4O3. The van der Waals surface area contributed by atoms with Gasteiger partial charge in [-0.3, -0.25) is 9.59 Å². The molecule has 0 spiro atoms. The molecule has 2 aromatic rings. The van der Waals surface area contributed by atoms with Crippen molar-refractivity contribution in [1.82, 2.24) is 20.4 Å². The maximum atomic E-state index is 12.3. The van der Waals surface area contributed by atoms with Gasteiger partial charge < -0.3 is 14.7 Å². The van der Waals surface area contributed by atoms with E-state index in [1.54, 1.807) is 12.1 Å². The first-order valence-electron chi connectivity index (χ1n) is 8.52. The highest BCUT2D eigenvalue weighted by Gasteiger charge is 2.19. The van der Waals surface area contributed by atoms with Gasteiger partial charge >= 0.3 is 0 Å². The van der Waals surface area contributed by atoms with E-state index in [9.17, 15) is 9.59 Å². The van der Waals surface area contributed by atoms with Crippen LogP contribution < -0.4 is 5.32 Å². The van der Waals surface area contributed by atoms with Crippen molar-refractivity contribution in [1.29, 1.82) is 0 Å². The molecule has 25 heavy (non-hydrogen) atoms. The summed E-state index contributed by atoms with van der Waals surface area (Å²) in [5.74, 6) is 0.666. The summed E-state index contributed by atoms with van der Waals surface area (Å²) in [6.45, 7) is 5.70. The standard InChI is InChI=1S/C18H22N4O3/c1-12-17(13(2)25-21-12)14-6-3-7-15(20-14)18(24)19-9-5-11-22-10-4-8-16(22)23/h3,6-7H,4-5,8-11H2,1-2H3,(H,19,24). The summed E-state index contributed by atoms with van der Waals surface area (Å²) in [4.78, 5) is 30.1. The number of carbonyl (C=O) groups excluding carboxylic acids is 2. The zero-order valence-corrected chi connectivity index (χ0v) is 14.5. The van der Waals surface area contributed by atoms with Crippen molar-refractivity contribution in [3.05, 3.63) is 35.3 Å². The van der Waals surface area contributed by atoms with Crippen molar-refractivity contribution in [2.45, 2.75) is 33.1 Å². The predicted molar refractivity (Wildman–Crippen MR) is 92.0 cm³/mol. The summed E-state index contributed by atoms with van der Waals surface area (Å²) in [6.07, 6.45) is 2.31. The highest BCUT2D eigenvalue weighted by Crippen LogP contribution is 2.25. The molecule has 0 unspecified atom stereocenters. The summed E-state index contributed by atoms with van der Waals surface area (Å²) >= 11 is 0. The normalized spacial score (nSPS) is 14.2. The van der Waals surface area contributed by atoms with Crippen LogP contribution in [-0.4, -0.2) is 46.5 Å². The Morgan fingerprint density at radius 2 is 2.20 bits per heavy atom. The number of aromatic nitrogens is 2. The van der Waals surface area contributed by atoms with Crippen LogP contribution in [0.4, 0.5) is 0 Å². The molecule has 0 aliphatic carbocycles. The summed E-state index contributed by atoms with van der Waals surface area (Å²) in [5.41, 5.74) is 2.60. The van der Waals surface area contributed by atoms with E-state index in [1.165, 1.54) is 0 Å². The lowest BCUT2D eigenvalue weighted by Crippen LogP contribution is -2.31. The Kier molecular flexibility index (Phi) is 5.11. The molecule has 1 fully saturated rings. The first-order valence-corrected chi connectivity index (χ1v) is 8.52. The van der Waals surface area contributed by atoms with Crippen LogP contribution in [0, 0.1) is 13.8 Å². The molecule has 132 valence electrons. The first-order chi connectivity index (χ1) is 12.1. The molecule has 0 radical (unpaired) electrons. The molecule has 1 aliphatic heterocycles. The SMILES string of the molecule is Cc1noc(C)c1-c1cccc(C(=O)NCCCN2CCCC2=O)n1. The summed E-state index contributed by atoms with van der Waals surface area (Å²) < 4.78 is 5.16. The quantitative estimate of drug-likeness (QED) is 0.812. The number of amides is 2. The Hall–Kier alpha value is -2.70. The zero-order valence-electron chi connectivity index (χ0n) is 14.5. The summed E-state index contributed by atoms with van der Waals surface area (Å²) in [7, 11) is 0. The van der Waals surface area contributed by atoms with Gasteiger partial charge in [0.05, 0.1) is 17.0 Å². The molecule has 0 saturated carbocycles. The van der Waals surface area contributed by atoms with Gasteiger partial charge in [-0.2, -0.15) is 0 Å². The van der Waals surface area contributed by atoms with Crippen molar-refractivity contribution in [2.75, 3.05) is 19.6 Å². The Morgan fingerprint density at radius 1 is 1.36 bits per heavy atom. The van der Waals surface area contributed by atoms with E-state index in [-0.39, 0.29) is 11.8 Å². The molecule has 2 aromatic heterocycles. The monoisotopic (exact) mass is 342 g/mol. The average molecular weight is 342 g/mol. The van der Waals surface area contributed by atoms with Crippen LogP contribution in [0.1, 0.15) is 41.2 Å².